The first kappa shape index (κ1) is 32.4. The minimum Gasteiger partial charge on any atom is -0.382 e. The summed E-state index contributed by atoms with van der Waals surface area (Å²) in [6, 6.07) is 0. The fourth-order valence-corrected chi connectivity index (χ4v) is 6.37. The number of nitrogens with two attached hydrogens (primary N) is 2. The summed E-state index contributed by atoms with van der Waals surface area (Å²) in [5.41, 5.74) is 10.7. The number of hydrogen-bond donors (Lipinski definition) is 5. The Morgan fingerprint density at radius 1 is 1.00 bits per heavy atom. The minimum atomic E-state index is -5.17. The van der Waals surface area contributed by atoms with Crippen LogP contribution < -0.4 is 17.0 Å². The van der Waals surface area contributed by atoms with Crippen molar-refractivity contribution < 1.29 is 55.3 Å². The molecule has 6 rings (SSSR count). The molecule has 4 aromatic heterocycles. The van der Waals surface area contributed by atoms with Crippen molar-refractivity contribution in [2.24, 2.45) is 0 Å². The Kier molecular flexibility index (Phi) is 8.65. The Balaban J connectivity index is 1.19. The van der Waals surface area contributed by atoms with E-state index in [0.29, 0.717) is 0 Å². The van der Waals surface area contributed by atoms with Gasteiger partial charge in [0.15, 0.2) is 41.3 Å². The molecule has 46 heavy (non-hydrogen) atoms. The maximum absolute atomic E-state index is 15.7. The van der Waals surface area contributed by atoms with E-state index in [1.807, 2.05) is 0 Å². The number of aromatic amines is 1. The maximum Gasteiger partial charge on any atom is 0.472 e. The molecule has 25 heteroatoms. The predicted octanol–water partition coefficient (Wildman–Crippen LogP) is 0.251. The second-order valence-corrected chi connectivity index (χ2v) is 13.0. The molecule has 7 N–H and O–H groups in total. The lowest BCUT2D eigenvalue weighted by molar-refractivity contribution is -0.0552. The van der Waals surface area contributed by atoms with Gasteiger partial charge in [-0.25, -0.2) is 37.8 Å². The number of nitrogens with one attached hydrogen (secondary N) is 1. The number of hydrogen-bond acceptors (Lipinski definition) is 16. The average molecular weight is 694 g/mol. The maximum atomic E-state index is 15.7. The first-order chi connectivity index (χ1) is 21.8. The SMILES string of the molecule is COP(=O)(O)OC[C@H]1O[C@@H](n2cnc3c(=O)[nH]c(N)nc32)[C@H](OP(=O)(O)OC[C@@H]2C[C@@H](F)[C@H](n3cnc4c(N)ncnc43)O2)[C@@H]1F. The average Bonchev–Trinajstić information content (AvgIpc) is 3.77. The summed E-state index contributed by atoms with van der Waals surface area (Å²) in [6.45, 7) is -1.54. The third-order valence-corrected chi connectivity index (χ3v) is 9.01. The van der Waals surface area contributed by atoms with E-state index in [0.717, 1.165) is 18.0 Å². The molecule has 2 unspecified atom stereocenters. The second-order valence-electron chi connectivity index (χ2n) is 10.0. The number of anilines is 2. The van der Waals surface area contributed by atoms with Gasteiger partial charge in [-0.2, -0.15) is 4.98 Å². The molecule has 0 radical (unpaired) electrons. The Morgan fingerprint density at radius 2 is 1.70 bits per heavy atom. The van der Waals surface area contributed by atoms with E-state index in [9.17, 15) is 23.7 Å². The predicted molar refractivity (Wildman–Crippen MR) is 148 cm³/mol. The molecule has 2 fully saturated rings. The quantitative estimate of drug-likeness (QED) is 0.131. The van der Waals surface area contributed by atoms with Crippen LogP contribution in [-0.2, 0) is 36.7 Å². The van der Waals surface area contributed by atoms with Gasteiger partial charge in [0.2, 0.25) is 5.95 Å². The highest BCUT2D eigenvalue weighted by Crippen LogP contribution is 2.51. The number of imidazole rings is 2. The number of nitrogen functional groups attached to an aromatic ring is 2. The van der Waals surface area contributed by atoms with Crippen LogP contribution in [0.3, 0.4) is 0 Å². The van der Waals surface area contributed by atoms with Crippen molar-refractivity contribution in [1.82, 2.24) is 39.0 Å². The van der Waals surface area contributed by atoms with Crippen molar-refractivity contribution in [2.75, 3.05) is 31.8 Å². The lowest BCUT2D eigenvalue weighted by Crippen LogP contribution is -2.32. The molecular formula is C21H26F2N10O11P2. The van der Waals surface area contributed by atoms with Crippen LogP contribution in [0.1, 0.15) is 18.9 Å². The first-order valence-corrected chi connectivity index (χ1v) is 16.2. The van der Waals surface area contributed by atoms with E-state index in [1.165, 1.54) is 17.2 Å². The minimum absolute atomic E-state index is 0.0726. The van der Waals surface area contributed by atoms with E-state index < -0.39 is 77.5 Å². The monoisotopic (exact) mass is 694 g/mol. The van der Waals surface area contributed by atoms with Crippen LogP contribution in [0.2, 0.25) is 0 Å². The van der Waals surface area contributed by atoms with E-state index in [1.54, 1.807) is 0 Å². The molecule has 0 bridgehead atoms. The summed E-state index contributed by atoms with van der Waals surface area (Å²) < 4.78 is 88.5. The Bertz CT molecular complexity index is 1910. The number of fused-ring (bicyclic) bond motifs is 2. The number of ether oxygens (including phenoxy) is 2. The number of rotatable bonds is 11. The van der Waals surface area contributed by atoms with Crippen molar-refractivity contribution in [3.05, 3.63) is 29.3 Å². The van der Waals surface area contributed by atoms with E-state index in [2.05, 4.69) is 34.4 Å². The number of phosphoric acid groups is 2. The zero-order valence-corrected chi connectivity index (χ0v) is 25.2. The van der Waals surface area contributed by atoms with Crippen LogP contribution in [0.4, 0.5) is 20.5 Å². The smallest absolute Gasteiger partial charge is 0.382 e. The second kappa shape index (κ2) is 12.3. The Hall–Kier alpha value is -3.50. The molecule has 2 aliphatic heterocycles. The van der Waals surface area contributed by atoms with Gasteiger partial charge in [0, 0.05) is 13.5 Å². The third kappa shape index (κ3) is 6.26. The molecule has 2 aliphatic rings. The van der Waals surface area contributed by atoms with Gasteiger partial charge in [0.05, 0.1) is 32.0 Å². The van der Waals surface area contributed by atoms with Crippen LogP contribution in [0.15, 0.2) is 23.8 Å². The molecule has 0 aliphatic carbocycles. The fourth-order valence-electron chi connectivity index (χ4n) is 4.99. The molecular weight excluding hydrogens is 668 g/mol. The van der Waals surface area contributed by atoms with Gasteiger partial charge >= 0.3 is 15.6 Å². The van der Waals surface area contributed by atoms with Crippen LogP contribution in [0, 0.1) is 0 Å². The topological polar surface area (TPSA) is 289 Å². The van der Waals surface area contributed by atoms with Crippen molar-refractivity contribution in [3.63, 3.8) is 0 Å². The summed E-state index contributed by atoms with van der Waals surface area (Å²) in [5, 5.41) is 0. The molecule has 6 heterocycles. The van der Waals surface area contributed by atoms with Crippen LogP contribution in [0.5, 0.6) is 0 Å². The summed E-state index contributed by atoms with van der Waals surface area (Å²) in [4.78, 5) is 54.5. The zero-order chi connectivity index (χ0) is 33.0. The lowest BCUT2D eigenvalue weighted by Gasteiger charge is -2.24. The molecule has 0 aromatic carbocycles. The number of aromatic nitrogens is 8. The third-order valence-electron chi connectivity index (χ3n) is 7.09. The highest BCUT2D eigenvalue weighted by atomic mass is 31.2. The molecule has 4 aromatic rings. The van der Waals surface area contributed by atoms with E-state index in [-0.39, 0.29) is 40.5 Å². The van der Waals surface area contributed by atoms with Crippen LogP contribution in [-0.4, -0.2) is 99.8 Å². The number of phosphoric ester groups is 2. The summed E-state index contributed by atoms with van der Waals surface area (Å²) in [6.07, 6.45) is -8.33. The van der Waals surface area contributed by atoms with Gasteiger partial charge in [-0.15, -0.1) is 0 Å². The van der Waals surface area contributed by atoms with Gasteiger partial charge in [0.25, 0.3) is 5.56 Å². The largest absolute Gasteiger partial charge is 0.472 e. The first-order valence-electron chi connectivity index (χ1n) is 13.2. The number of alkyl halides is 2. The molecule has 9 atom stereocenters. The molecule has 2 saturated heterocycles. The van der Waals surface area contributed by atoms with Gasteiger partial charge in [-0.1, -0.05) is 0 Å². The summed E-state index contributed by atoms with van der Waals surface area (Å²) in [5.74, 6) is -0.257. The molecule has 0 spiro atoms. The Morgan fingerprint density at radius 3 is 2.43 bits per heavy atom. The van der Waals surface area contributed by atoms with Crippen LogP contribution in [0.25, 0.3) is 22.3 Å². The lowest BCUT2D eigenvalue weighted by atomic mass is 10.1. The van der Waals surface area contributed by atoms with Gasteiger partial charge < -0.3 is 30.7 Å². The van der Waals surface area contributed by atoms with Gasteiger partial charge in [-0.3, -0.25) is 37.0 Å². The number of H-pyrrole nitrogens is 1. The zero-order valence-electron chi connectivity index (χ0n) is 23.4. The van der Waals surface area contributed by atoms with Crippen molar-refractivity contribution in [2.45, 2.75) is 49.5 Å². The van der Waals surface area contributed by atoms with Crippen molar-refractivity contribution >= 4 is 49.7 Å². The normalized spacial score (nSPS) is 29.4. The van der Waals surface area contributed by atoms with Crippen molar-refractivity contribution in [1.29, 1.82) is 0 Å². The molecule has 0 saturated carbocycles. The van der Waals surface area contributed by atoms with Gasteiger partial charge in [-0.05, 0) is 0 Å². The highest BCUT2D eigenvalue weighted by molar-refractivity contribution is 7.47. The van der Waals surface area contributed by atoms with Crippen LogP contribution >= 0.6 is 15.6 Å². The molecule has 21 nitrogen and oxygen atoms in total. The highest BCUT2D eigenvalue weighted by Gasteiger charge is 2.51. The molecule has 250 valence electrons. The van der Waals surface area contributed by atoms with E-state index in [4.69, 9.17) is 34.5 Å². The Labute approximate surface area is 255 Å². The molecule has 0 amide bonds. The van der Waals surface area contributed by atoms with Gasteiger partial charge in [0.1, 0.15) is 30.2 Å². The summed E-state index contributed by atoms with van der Waals surface area (Å²) >= 11 is 0. The number of halogens is 2. The van der Waals surface area contributed by atoms with Crippen molar-refractivity contribution in [3.8, 4) is 0 Å². The number of nitrogens with zero attached hydrogens (tertiary/aromatic N) is 7. The fraction of sp³-hybridized carbons (Fsp3) is 0.524. The standard InChI is InChI=1S/C21H26F2N10O11P2/c1-39-45(35,36)41-4-10-11(23)14(20(43-10)33-7-29-13-17(33)30-21(25)31-18(13)34)44-46(37,38)40-3-8-2-9(22)19(42-8)32-6-28-12-15(24)26-5-27-16(12)32/h5-11,14,19-20H,2-4H2,1H3,(H,35,36)(H,37,38)(H2,24,26,27)(H3,25,30,31,34)/t8-,9+,10+,11+,14+,19+,20+/m0/s1. The summed E-state index contributed by atoms with van der Waals surface area (Å²) in [7, 11) is -8.88. The van der Waals surface area contributed by atoms with E-state index >= 15 is 8.78 Å².